The molecule has 3 aromatic rings. The van der Waals surface area contributed by atoms with Gasteiger partial charge in [-0.05, 0) is 54.0 Å². The zero-order valence-electron chi connectivity index (χ0n) is 19.4. The van der Waals surface area contributed by atoms with Gasteiger partial charge in [-0.2, -0.15) is 0 Å². The Labute approximate surface area is 205 Å². The van der Waals surface area contributed by atoms with Crippen molar-refractivity contribution in [3.05, 3.63) is 101 Å². The third-order valence-electron chi connectivity index (χ3n) is 7.10. The van der Waals surface area contributed by atoms with Crippen LogP contribution in [0.25, 0.3) is 0 Å². The van der Waals surface area contributed by atoms with Crippen LogP contribution in [0.4, 0.5) is 10.5 Å². The zero-order valence-corrected chi connectivity index (χ0v) is 20.3. The quantitative estimate of drug-likeness (QED) is 0.478. The first-order valence-electron chi connectivity index (χ1n) is 12.1. The van der Waals surface area contributed by atoms with Gasteiger partial charge in [0.15, 0.2) is 0 Å². The predicted molar refractivity (Wildman–Crippen MR) is 140 cm³/mol. The van der Waals surface area contributed by atoms with E-state index >= 15 is 0 Å². The van der Waals surface area contributed by atoms with Crippen molar-refractivity contribution in [2.24, 2.45) is 0 Å². The monoisotopic (exact) mass is 470 g/mol. The number of nitrogens with zero attached hydrogens (tertiary/aromatic N) is 1. The first-order valence-corrected chi connectivity index (χ1v) is 13.0. The third kappa shape index (κ3) is 4.90. The van der Waals surface area contributed by atoms with E-state index in [2.05, 4.69) is 89.1 Å². The van der Waals surface area contributed by atoms with Crippen LogP contribution in [0, 0.1) is 0 Å². The molecule has 2 aliphatic heterocycles. The van der Waals surface area contributed by atoms with Crippen LogP contribution in [0.15, 0.2) is 78.9 Å². The van der Waals surface area contributed by atoms with Crippen LogP contribution >= 0.6 is 11.8 Å². The summed E-state index contributed by atoms with van der Waals surface area (Å²) in [5, 5.41) is 1.83. The lowest BCUT2D eigenvalue weighted by Gasteiger charge is -2.40. The first-order chi connectivity index (χ1) is 16.6. The smallest absolute Gasteiger partial charge is 0.286 e. The number of rotatable bonds is 7. The van der Waals surface area contributed by atoms with E-state index in [9.17, 15) is 9.59 Å². The van der Waals surface area contributed by atoms with Crippen LogP contribution in [0.5, 0.6) is 0 Å². The van der Waals surface area contributed by atoms with Gasteiger partial charge in [-0.25, -0.2) is 0 Å². The standard InChI is InChI=1S/C29H30N2O2S/c1-20(27-28(32)30-29(33)34-27)23-13-15-26-24(19-23)12-14-25(18-22-10-6-3-7-11-22)31(26)17-16-21-8-4-2-5-9-21/h2-11,13,15,19-20,25,27H,12,14,16-18H2,1H3,(H,30,32,33). The van der Waals surface area contributed by atoms with E-state index in [0.29, 0.717) is 6.04 Å². The maximum Gasteiger partial charge on any atom is 0.286 e. The Morgan fingerprint density at radius 1 is 0.971 bits per heavy atom. The maximum absolute atomic E-state index is 12.2. The summed E-state index contributed by atoms with van der Waals surface area (Å²) in [5.41, 5.74) is 6.51. The molecular weight excluding hydrogens is 440 g/mol. The molecule has 0 bridgehead atoms. The number of hydrogen-bond donors (Lipinski definition) is 1. The third-order valence-corrected chi connectivity index (χ3v) is 8.29. The Bertz CT molecular complexity index is 1170. The molecule has 0 radical (unpaired) electrons. The summed E-state index contributed by atoms with van der Waals surface area (Å²) in [4.78, 5) is 26.5. The lowest BCUT2D eigenvalue weighted by atomic mass is 9.87. The topological polar surface area (TPSA) is 49.4 Å². The number of amides is 2. The van der Waals surface area contributed by atoms with Crippen LogP contribution < -0.4 is 10.2 Å². The molecule has 174 valence electrons. The minimum atomic E-state index is -0.353. The molecule has 0 spiro atoms. The van der Waals surface area contributed by atoms with Crippen molar-refractivity contribution < 1.29 is 9.59 Å². The molecular formula is C29H30N2O2S. The minimum absolute atomic E-state index is 0.0124. The molecule has 2 aliphatic rings. The van der Waals surface area contributed by atoms with Gasteiger partial charge in [-0.15, -0.1) is 0 Å². The van der Waals surface area contributed by atoms with E-state index in [1.54, 1.807) is 0 Å². The summed E-state index contributed by atoms with van der Waals surface area (Å²) < 4.78 is 0. The van der Waals surface area contributed by atoms with E-state index in [-0.39, 0.29) is 22.3 Å². The highest BCUT2D eigenvalue weighted by molar-refractivity contribution is 8.15. The second kappa shape index (κ2) is 10.1. The van der Waals surface area contributed by atoms with Gasteiger partial charge in [-0.3, -0.25) is 14.9 Å². The fourth-order valence-electron chi connectivity index (χ4n) is 5.21. The van der Waals surface area contributed by atoms with E-state index in [0.717, 1.165) is 49.6 Å². The van der Waals surface area contributed by atoms with Crippen molar-refractivity contribution in [1.82, 2.24) is 5.32 Å². The van der Waals surface area contributed by atoms with Gasteiger partial charge >= 0.3 is 0 Å². The molecule has 2 amide bonds. The Kier molecular flexibility index (Phi) is 6.73. The highest BCUT2D eigenvalue weighted by atomic mass is 32.2. The number of thioether (sulfide) groups is 1. The number of nitrogens with one attached hydrogen (secondary N) is 1. The maximum atomic E-state index is 12.2. The summed E-state index contributed by atoms with van der Waals surface area (Å²) in [6.07, 6.45) is 4.17. The number of aryl methyl sites for hydroxylation is 1. The van der Waals surface area contributed by atoms with Crippen molar-refractivity contribution >= 4 is 28.6 Å². The summed E-state index contributed by atoms with van der Waals surface area (Å²) in [6.45, 7) is 3.02. The summed E-state index contributed by atoms with van der Waals surface area (Å²) in [6, 6.07) is 28.6. The summed E-state index contributed by atoms with van der Waals surface area (Å²) in [7, 11) is 0. The van der Waals surface area contributed by atoms with Gasteiger partial charge in [-0.1, -0.05) is 91.5 Å². The highest BCUT2D eigenvalue weighted by Gasteiger charge is 2.37. The molecule has 0 saturated carbocycles. The molecule has 4 nitrogen and oxygen atoms in total. The van der Waals surface area contributed by atoms with Gasteiger partial charge in [0.1, 0.15) is 0 Å². The van der Waals surface area contributed by atoms with Crippen LogP contribution in [0.3, 0.4) is 0 Å². The zero-order chi connectivity index (χ0) is 23.5. The molecule has 2 heterocycles. The van der Waals surface area contributed by atoms with Crippen molar-refractivity contribution in [2.75, 3.05) is 11.4 Å². The SMILES string of the molecule is CC(c1ccc2c(c1)CCC(Cc1ccccc1)N2CCc1ccccc1)C1SC(=O)NC1=O. The Hall–Kier alpha value is -3.05. The largest absolute Gasteiger partial charge is 0.368 e. The van der Waals surface area contributed by atoms with E-state index in [1.165, 1.54) is 22.4 Å². The molecule has 1 saturated heterocycles. The van der Waals surface area contributed by atoms with E-state index in [4.69, 9.17) is 0 Å². The van der Waals surface area contributed by atoms with Crippen molar-refractivity contribution in [2.45, 2.75) is 49.8 Å². The highest BCUT2D eigenvalue weighted by Crippen LogP contribution is 2.38. The fraction of sp³-hybridized carbons (Fsp3) is 0.310. The minimum Gasteiger partial charge on any atom is -0.368 e. The molecule has 5 rings (SSSR count). The summed E-state index contributed by atoms with van der Waals surface area (Å²) >= 11 is 1.11. The molecule has 3 atom stereocenters. The molecule has 5 heteroatoms. The summed E-state index contributed by atoms with van der Waals surface area (Å²) in [5.74, 6) is -0.186. The number of hydrogen-bond acceptors (Lipinski definition) is 4. The molecule has 0 aromatic heterocycles. The Morgan fingerprint density at radius 2 is 1.68 bits per heavy atom. The molecule has 1 N–H and O–H groups in total. The molecule has 3 unspecified atom stereocenters. The second-order valence-electron chi connectivity index (χ2n) is 9.30. The average Bonchev–Trinajstić information content (AvgIpc) is 3.21. The van der Waals surface area contributed by atoms with Crippen LogP contribution in [0.2, 0.25) is 0 Å². The fourth-order valence-corrected chi connectivity index (χ4v) is 6.13. The number of benzene rings is 3. The van der Waals surface area contributed by atoms with Crippen molar-refractivity contribution in [1.29, 1.82) is 0 Å². The lowest BCUT2D eigenvalue weighted by Crippen LogP contribution is -2.42. The number of imide groups is 1. The average molecular weight is 471 g/mol. The molecule has 0 aliphatic carbocycles. The van der Waals surface area contributed by atoms with Crippen molar-refractivity contribution in [3.63, 3.8) is 0 Å². The Morgan fingerprint density at radius 3 is 2.35 bits per heavy atom. The van der Waals surface area contributed by atoms with Crippen molar-refractivity contribution in [3.8, 4) is 0 Å². The number of carbonyl (C=O) groups is 2. The lowest BCUT2D eigenvalue weighted by molar-refractivity contribution is -0.119. The van der Waals surface area contributed by atoms with Crippen LogP contribution in [-0.2, 0) is 24.1 Å². The van der Waals surface area contributed by atoms with Crippen LogP contribution in [-0.4, -0.2) is 29.0 Å². The molecule has 34 heavy (non-hydrogen) atoms. The van der Waals surface area contributed by atoms with Gasteiger partial charge in [0.2, 0.25) is 5.91 Å². The predicted octanol–water partition coefficient (Wildman–Crippen LogP) is 5.75. The number of anilines is 1. The van der Waals surface area contributed by atoms with Gasteiger partial charge in [0.25, 0.3) is 5.24 Å². The number of carbonyl (C=O) groups excluding carboxylic acids is 2. The van der Waals surface area contributed by atoms with Gasteiger partial charge in [0, 0.05) is 24.2 Å². The molecule has 1 fully saturated rings. The molecule has 3 aromatic carbocycles. The van der Waals surface area contributed by atoms with Gasteiger partial charge < -0.3 is 4.90 Å². The first kappa shape index (κ1) is 22.7. The number of fused-ring (bicyclic) bond motifs is 1. The van der Waals surface area contributed by atoms with E-state index < -0.39 is 0 Å². The van der Waals surface area contributed by atoms with Gasteiger partial charge in [0.05, 0.1) is 5.25 Å². The van der Waals surface area contributed by atoms with E-state index in [1.807, 2.05) is 6.92 Å². The van der Waals surface area contributed by atoms with Crippen LogP contribution in [0.1, 0.15) is 41.5 Å². The normalized spacial score (nSPS) is 20.7. The second-order valence-corrected chi connectivity index (χ2v) is 10.4. The Balaban J connectivity index is 1.40.